The number of hydrogen-bond acceptors (Lipinski definition) is 4. The largest absolute Gasteiger partial charge is 0.359 e. The molecule has 2 amide bonds. The van der Waals surface area contributed by atoms with Crippen molar-refractivity contribution in [3.05, 3.63) is 78.1 Å². The van der Waals surface area contributed by atoms with Gasteiger partial charge in [0, 0.05) is 56.8 Å². The van der Waals surface area contributed by atoms with Crippen molar-refractivity contribution < 1.29 is 9.59 Å². The molecule has 1 atom stereocenters. The van der Waals surface area contributed by atoms with Crippen molar-refractivity contribution in [1.29, 1.82) is 0 Å². The van der Waals surface area contributed by atoms with Gasteiger partial charge in [-0.1, -0.05) is 54.6 Å². The number of carbonyl (C=O) groups is 2. The maximum absolute atomic E-state index is 13.2. The van der Waals surface area contributed by atoms with E-state index in [9.17, 15) is 9.59 Å². The second-order valence-electron chi connectivity index (χ2n) is 8.73. The van der Waals surface area contributed by atoms with E-state index in [0.717, 1.165) is 23.9 Å². The summed E-state index contributed by atoms with van der Waals surface area (Å²) in [5.74, 6) is -0.115. The van der Waals surface area contributed by atoms with Crippen molar-refractivity contribution in [2.75, 3.05) is 33.2 Å². The Labute approximate surface area is 181 Å². The molecule has 3 heterocycles. The van der Waals surface area contributed by atoms with Crippen LogP contribution in [0.15, 0.2) is 66.9 Å². The lowest BCUT2D eigenvalue weighted by Crippen LogP contribution is -2.64. The zero-order valence-corrected chi connectivity index (χ0v) is 17.6. The summed E-state index contributed by atoms with van der Waals surface area (Å²) in [4.78, 5) is 34.5. The van der Waals surface area contributed by atoms with E-state index in [-0.39, 0.29) is 23.1 Å². The van der Waals surface area contributed by atoms with Crippen molar-refractivity contribution in [3.63, 3.8) is 0 Å². The average molecular weight is 415 g/mol. The van der Waals surface area contributed by atoms with E-state index in [4.69, 9.17) is 0 Å². The van der Waals surface area contributed by atoms with Crippen LogP contribution >= 0.6 is 0 Å². The van der Waals surface area contributed by atoms with Gasteiger partial charge in [-0.15, -0.1) is 0 Å². The fourth-order valence-corrected chi connectivity index (χ4v) is 5.19. The van der Waals surface area contributed by atoms with E-state index < -0.39 is 0 Å². The Kier molecular flexibility index (Phi) is 4.94. The van der Waals surface area contributed by atoms with E-state index in [1.165, 1.54) is 5.56 Å². The monoisotopic (exact) mass is 414 g/mol. The van der Waals surface area contributed by atoms with Crippen LogP contribution in [0.1, 0.15) is 16.1 Å². The van der Waals surface area contributed by atoms with Crippen LogP contribution < -0.4 is 5.32 Å². The minimum absolute atomic E-state index is 0.0559. The summed E-state index contributed by atoms with van der Waals surface area (Å²) in [6.45, 7) is 3.50. The number of aromatic nitrogens is 1. The molecule has 1 unspecified atom stereocenters. The highest BCUT2D eigenvalue weighted by molar-refractivity contribution is 6.05. The molecule has 0 bridgehead atoms. The molecule has 2 aliphatic rings. The Hall–Kier alpha value is -3.25. The van der Waals surface area contributed by atoms with Gasteiger partial charge in [0.15, 0.2) is 0 Å². The van der Waals surface area contributed by atoms with Crippen LogP contribution in [0.3, 0.4) is 0 Å². The molecule has 6 nitrogen and oxygen atoms in total. The van der Waals surface area contributed by atoms with E-state index in [1.807, 2.05) is 53.4 Å². The minimum Gasteiger partial charge on any atom is -0.359 e. The SMILES string of the molecule is CNC(=O)C1CN(Cc2ccccc2)CC12CN(C(=O)c1nccc3ccccc13)C2. The molecule has 2 saturated heterocycles. The molecule has 0 saturated carbocycles. The molecule has 1 spiro atoms. The lowest BCUT2D eigenvalue weighted by molar-refractivity contribution is -0.130. The molecule has 0 aliphatic carbocycles. The van der Waals surface area contributed by atoms with Crippen molar-refractivity contribution in [2.24, 2.45) is 11.3 Å². The molecule has 0 radical (unpaired) electrons. The van der Waals surface area contributed by atoms with Crippen LogP contribution in [0.2, 0.25) is 0 Å². The Balaban J connectivity index is 1.35. The van der Waals surface area contributed by atoms with Crippen LogP contribution in [0.4, 0.5) is 0 Å². The van der Waals surface area contributed by atoms with E-state index in [1.54, 1.807) is 13.2 Å². The molecule has 2 aromatic carbocycles. The van der Waals surface area contributed by atoms with Gasteiger partial charge < -0.3 is 10.2 Å². The first-order valence-corrected chi connectivity index (χ1v) is 10.7. The molecule has 2 fully saturated rings. The number of benzene rings is 2. The second-order valence-corrected chi connectivity index (χ2v) is 8.73. The fraction of sp³-hybridized carbons (Fsp3) is 0.320. The van der Waals surface area contributed by atoms with Gasteiger partial charge in [0.25, 0.3) is 5.91 Å². The number of pyridine rings is 1. The number of hydrogen-bond donors (Lipinski definition) is 1. The molecular formula is C25H26N4O2. The van der Waals surface area contributed by atoms with E-state index >= 15 is 0 Å². The number of amides is 2. The standard InChI is InChI=1S/C25H26N4O2/c1-26-23(30)21-14-28(13-18-7-3-2-4-8-18)15-25(21)16-29(17-25)24(31)22-20-10-6-5-9-19(20)11-12-27-22/h2-12,21H,13-17H2,1H3,(H,26,30). The van der Waals surface area contributed by atoms with Gasteiger partial charge in [-0.3, -0.25) is 19.5 Å². The van der Waals surface area contributed by atoms with Gasteiger partial charge >= 0.3 is 0 Å². The van der Waals surface area contributed by atoms with Crippen molar-refractivity contribution in [3.8, 4) is 0 Å². The molecular weight excluding hydrogens is 388 g/mol. The van der Waals surface area contributed by atoms with E-state index in [2.05, 4.69) is 27.3 Å². The number of nitrogens with zero attached hydrogens (tertiary/aromatic N) is 3. The van der Waals surface area contributed by atoms with Gasteiger partial charge in [0.05, 0.1) is 5.92 Å². The minimum atomic E-state index is -0.199. The third-order valence-electron chi connectivity index (χ3n) is 6.71. The first kappa shape index (κ1) is 19.7. The number of rotatable bonds is 4. The van der Waals surface area contributed by atoms with Crippen LogP contribution in [0, 0.1) is 11.3 Å². The van der Waals surface area contributed by atoms with Gasteiger partial charge in [0.1, 0.15) is 5.69 Å². The number of nitrogens with one attached hydrogen (secondary N) is 1. The van der Waals surface area contributed by atoms with Gasteiger partial charge in [-0.05, 0) is 17.0 Å². The first-order chi connectivity index (χ1) is 15.1. The highest BCUT2D eigenvalue weighted by Gasteiger charge is 2.57. The van der Waals surface area contributed by atoms with Crippen LogP contribution in [-0.4, -0.2) is 59.8 Å². The molecule has 31 heavy (non-hydrogen) atoms. The predicted octanol–water partition coefficient (Wildman–Crippen LogP) is 2.55. The molecule has 1 aromatic heterocycles. The maximum Gasteiger partial charge on any atom is 0.273 e. The van der Waals surface area contributed by atoms with E-state index in [0.29, 0.717) is 25.3 Å². The van der Waals surface area contributed by atoms with Crippen LogP contribution in [0.5, 0.6) is 0 Å². The number of carbonyl (C=O) groups excluding carboxylic acids is 2. The summed E-state index contributed by atoms with van der Waals surface area (Å²) in [5.41, 5.74) is 1.53. The third kappa shape index (κ3) is 3.47. The summed E-state index contributed by atoms with van der Waals surface area (Å²) in [6, 6.07) is 20.1. The predicted molar refractivity (Wildman–Crippen MR) is 119 cm³/mol. The summed E-state index contributed by atoms with van der Waals surface area (Å²) in [6.07, 6.45) is 1.69. The summed E-state index contributed by atoms with van der Waals surface area (Å²) >= 11 is 0. The lowest BCUT2D eigenvalue weighted by Gasteiger charge is -2.50. The molecule has 3 aromatic rings. The molecule has 6 heteroatoms. The molecule has 158 valence electrons. The topological polar surface area (TPSA) is 65.5 Å². The van der Waals surface area contributed by atoms with Crippen LogP contribution in [0.25, 0.3) is 10.8 Å². The average Bonchev–Trinajstić information content (AvgIpc) is 3.17. The maximum atomic E-state index is 13.2. The summed E-state index contributed by atoms with van der Waals surface area (Å²) in [5, 5.41) is 4.71. The van der Waals surface area contributed by atoms with Gasteiger partial charge in [-0.2, -0.15) is 0 Å². The molecule has 5 rings (SSSR count). The third-order valence-corrected chi connectivity index (χ3v) is 6.71. The van der Waals surface area contributed by atoms with Gasteiger partial charge in [0.2, 0.25) is 5.91 Å². The Morgan fingerprint density at radius 1 is 1.03 bits per heavy atom. The highest BCUT2D eigenvalue weighted by Crippen LogP contribution is 2.45. The molecule has 2 aliphatic heterocycles. The number of likely N-dealkylation sites (tertiary alicyclic amines) is 2. The van der Waals surface area contributed by atoms with Crippen molar-refractivity contribution in [2.45, 2.75) is 6.54 Å². The van der Waals surface area contributed by atoms with Gasteiger partial charge in [-0.25, -0.2) is 0 Å². The number of fused-ring (bicyclic) bond motifs is 1. The Morgan fingerprint density at radius 2 is 1.77 bits per heavy atom. The zero-order chi connectivity index (χ0) is 21.4. The quantitative estimate of drug-likeness (QED) is 0.713. The first-order valence-electron chi connectivity index (χ1n) is 10.7. The molecule has 1 N–H and O–H groups in total. The smallest absolute Gasteiger partial charge is 0.273 e. The van der Waals surface area contributed by atoms with Crippen LogP contribution in [-0.2, 0) is 11.3 Å². The Bertz CT molecular complexity index is 1120. The summed E-state index contributed by atoms with van der Waals surface area (Å²) < 4.78 is 0. The summed E-state index contributed by atoms with van der Waals surface area (Å²) in [7, 11) is 1.69. The Morgan fingerprint density at radius 3 is 2.55 bits per heavy atom. The second kappa shape index (κ2) is 7.78. The van der Waals surface area contributed by atoms with Crippen molar-refractivity contribution >= 4 is 22.6 Å². The highest BCUT2D eigenvalue weighted by atomic mass is 16.2. The fourth-order valence-electron chi connectivity index (χ4n) is 5.19. The normalized spacial score (nSPS) is 20.0. The zero-order valence-electron chi connectivity index (χ0n) is 17.6. The lowest BCUT2D eigenvalue weighted by atomic mass is 9.71. The van der Waals surface area contributed by atoms with Crippen molar-refractivity contribution in [1.82, 2.24) is 20.1 Å².